The van der Waals surface area contributed by atoms with E-state index in [1.165, 1.54) is 7.05 Å². The van der Waals surface area contributed by atoms with Crippen LogP contribution in [0.5, 0.6) is 0 Å². The van der Waals surface area contributed by atoms with Gasteiger partial charge in [0.15, 0.2) is 0 Å². The molecule has 60 valence electrons. The first-order valence-electron chi connectivity index (χ1n) is 2.31. The van der Waals surface area contributed by atoms with Crippen LogP contribution in [0.25, 0.3) is 0 Å². The maximum atomic E-state index is 10.4. The predicted molar refractivity (Wildman–Crippen MR) is 32.4 cm³/mol. The second-order valence-corrected chi connectivity index (χ2v) is 2.76. The Balaban J connectivity index is 3.89. The molecule has 0 saturated heterocycles. The maximum Gasteiger partial charge on any atom is 0.530 e. The number of phosphoric acid groups is 1. The van der Waals surface area contributed by atoms with Crippen molar-refractivity contribution in [2.24, 2.45) is 0 Å². The summed E-state index contributed by atoms with van der Waals surface area (Å²) in [5, 5.41) is 1.98. The normalized spacial score (nSPS) is 15.5. The van der Waals surface area contributed by atoms with Gasteiger partial charge in [0.1, 0.15) is 0 Å². The average Bonchev–Trinajstić information content (AvgIpc) is 1.87. The molecule has 0 rings (SSSR count). The molecule has 0 aliphatic heterocycles. The third kappa shape index (κ3) is 3.45. The lowest BCUT2D eigenvalue weighted by Gasteiger charge is -2.06. The molecule has 0 heterocycles. The van der Waals surface area contributed by atoms with E-state index in [1.807, 2.05) is 5.32 Å². The van der Waals surface area contributed by atoms with Gasteiger partial charge in [-0.25, -0.2) is 9.36 Å². The second-order valence-electron chi connectivity index (χ2n) is 1.28. The molecule has 0 spiro atoms. The van der Waals surface area contributed by atoms with Gasteiger partial charge in [-0.15, -0.1) is 0 Å². The van der Waals surface area contributed by atoms with Crippen molar-refractivity contribution < 1.29 is 23.3 Å². The summed E-state index contributed by atoms with van der Waals surface area (Å²) in [7, 11) is -1.93. The molecule has 7 heteroatoms. The van der Waals surface area contributed by atoms with Crippen molar-refractivity contribution in [1.29, 1.82) is 0 Å². The number of hydrogen-bond donors (Lipinski definition) is 2. The number of phosphoric ester groups is 1. The highest BCUT2D eigenvalue weighted by molar-refractivity contribution is 7.47. The van der Waals surface area contributed by atoms with Gasteiger partial charge >= 0.3 is 13.9 Å². The van der Waals surface area contributed by atoms with E-state index in [-0.39, 0.29) is 0 Å². The van der Waals surface area contributed by atoms with Crippen LogP contribution in [0.1, 0.15) is 0 Å². The maximum absolute atomic E-state index is 10.4. The lowest BCUT2D eigenvalue weighted by Crippen LogP contribution is -2.18. The van der Waals surface area contributed by atoms with E-state index in [0.717, 1.165) is 7.11 Å². The fraction of sp³-hybridized carbons (Fsp3) is 0.667. The molecule has 1 unspecified atom stereocenters. The van der Waals surface area contributed by atoms with E-state index in [2.05, 4.69) is 9.05 Å². The van der Waals surface area contributed by atoms with Crippen LogP contribution in [0.3, 0.4) is 0 Å². The summed E-state index contributed by atoms with van der Waals surface area (Å²) in [6, 6.07) is 0. The van der Waals surface area contributed by atoms with E-state index >= 15 is 0 Å². The van der Waals surface area contributed by atoms with Gasteiger partial charge in [0.05, 0.1) is 0 Å². The van der Waals surface area contributed by atoms with Crippen LogP contribution < -0.4 is 5.32 Å². The van der Waals surface area contributed by atoms with E-state index in [1.54, 1.807) is 0 Å². The Bertz CT molecular complexity index is 168. The molecule has 1 amide bonds. The molecule has 10 heavy (non-hydrogen) atoms. The van der Waals surface area contributed by atoms with Gasteiger partial charge in [-0.05, 0) is 0 Å². The average molecular weight is 169 g/mol. The Kier molecular flexibility index (Phi) is 3.35. The van der Waals surface area contributed by atoms with Crippen LogP contribution in [0.15, 0.2) is 0 Å². The number of carbonyl (C=O) groups excluding carboxylic acids is 1. The molecule has 0 aromatic heterocycles. The zero-order valence-electron chi connectivity index (χ0n) is 5.53. The fourth-order valence-corrected chi connectivity index (χ4v) is 0.563. The Labute approximate surface area is 57.8 Å². The molecular formula is C3H8NO5P. The predicted octanol–water partition coefficient (Wildman–Crippen LogP) is 0.0892. The second kappa shape index (κ2) is 3.55. The Morgan fingerprint density at radius 3 is 2.50 bits per heavy atom. The zero-order valence-corrected chi connectivity index (χ0v) is 6.42. The van der Waals surface area contributed by atoms with Crippen molar-refractivity contribution in [3.8, 4) is 0 Å². The van der Waals surface area contributed by atoms with Crippen LogP contribution in [-0.2, 0) is 13.6 Å². The van der Waals surface area contributed by atoms with E-state index in [4.69, 9.17) is 4.89 Å². The summed E-state index contributed by atoms with van der Waals surface area (Å²) < 4.78 is 18.2. The molecule has 6 nitrogen and oxygen atoms in total. The minimum absolute atomic E-state index is 0.962. The van der Waals surface area contributed by atoms with Crippen molar-refractivity contribution >= 4 is 13.9 Å². The molecule has 1 atom stereocenters. The van der Waals surface area contributed by atoms with Crippen LogP contribution in [0.2, 0.25) is 0 Å². The molecule has 0 bridgehead atoms. The van der Waals surface area contributed by atoms with Gasteiger partial charge in [0.2, 0.25) is 0 Å². The van der Waals surface area contributed by atoms with Crippen LogP contribution >= 0.6 is 7.82 Å². The summed E-state index contributed by atoms with van der Waals surface area (Å²) in [6.07, 6.45) is -1.01. The summed E-state index contributed by atoms with van der Waals surface area (Å²) >= 11 is 0. The number of rotatable bonds is 2. The van der Waals surface area contributed by atoms with Crippen molar-refractivity contribution in [3.05, 3.63) is 0 Å². The minimum Gasteiger partial charge on any atom is -0.354 e. The molecule has 0 aromatic rings. The fourth-order valence-electron chi connectivity index (χ4n) is 0.188. The highest BCUT2D eigenvalue weighted by atomic mass is 31.2. The Morgan fingerprint density at radius 1 is 1.70 bits per heavy atom. The topological polar surface area (TPSA) is 84.9 Å². The smallest absolute Gasteiger partial charge is 0.354 e. The van der Waals surface area contributed by atoms with Crippen molar-refractivity contribution in [1.82, 2.24) is 5.32 Å². The quantitative estimate of drug-likeness (QED) is 0.572. The lowest BCUT2D eigenvalue weighted by molar-refractivity contribution is 0.168. The zero-order chi connectivity index (χ0) is 8.20. The molecule has 0 aliphatic rings. The van der Waals surface area contributed by atoms with E-state index < -0.39 is 13.9 Å². The Hall–Kier alpha value is -0.580. The van der Waals surface area contributed by atoms with Crippen molar-refractivity contribution in [2.75, 3.05) is 14.2 Å². The molecule has 0 radical (unpaired) electrons. The first-order chi connectivity index (χ1) is 4.52. The lowest BCUT2D eigenvalue weighted by atomic mass is 11.1. The highest BCUT2D eigenvalue weighted by Gasteiger charge is 2.22. The standard InChI is InChI=1S/C3H8NO5P/c1-4-3(5)9-10(6,7)8-2/h1-2H3,(H,4,5)(H,6,7). The van der Waals surface area contributed by atoms with Gasteiger partial charge in [0, 0.05) is 14.2 Å². The van der Waals surface area contributed by atoms with Crippen LogP contribution in [0.4, 0.5) is 4.79 Å². The third-order valence-electron chi connectivity index (χ3n) is 0.633. The molecule has 0 saturated carbocycles. The summed E-state index contributed by atoms with van der Waals surface area (Å²) in [4.78, 5) is 18.7. The van der Waals surface area contributed by atoms with Gasteiger partial charge < -0.3 is 9.84 Å². The summed E-state index contributed by atoms with van der Waals surface area (Å²) in [6.45, 7) is 0. The number of amides is 1. The van der Waals surface area contributed by atoms with Crippen LogP contribution in [0, 0.1) is 0 Å². The first kappa shape index (κ1) is 9.42. The molecule has 0 aromatic carbocycles. The Morgan fingerprint density at radius 2 is 2.20 bits per heavy atom. The largest absolute Gasteiger partial charge is 0.530 e. The van der Waals surface area contributed by atoms with Gasteiger partial charge in [0.25, 0.3) is 0 Å². The number of carbonyl (C=O) groups is 1. The summed E-state index contributed by atoms with van der Waals surface area (Å²) in [5.74, 6) is 0. The van der Waals surface area contributed by atoms with Gasteiger partial charge in [-0.3, -0.25) is 9.42 Å². The van der Waals surface area contributed by atoms with Gasteiger partial charge in [-0.2, -0.15) is 0 Å². The van der Waals surface area contributed by atoms with Crippen molar-refractivity contribution in [3.63, 3.8) is 0 Å². The third-order valence-corrected chi connectivity index (χ3v) is 1.49. The van der Waals surface area contributed by atoms with E-state index in [9.17, 15) is 9.36 Å². The van der Waals surface area contributed by atoms with Gasteiger partial charge in [-0.1, -0.05) is 0 Å². The number of nitrogens with one attached hydrogen (secondary N) is 1. The first-order valence-corrected chi connectivity index (χ1v) is 3.81. The van der Waals surface area contributed by atoms with Crippen LogP contribution in [-0.4, -0.2) is 25.1 Å². The van der Waals surface area contributed by atoms with Crippen molar-refractivity contribution in [2.45, 2.75) is 0 Å². The van der Waals surface area contributed by atoms with E-state index in [0.29, 0.717) is 0 Å². The molecule has 0 aliphatic carbocycles. The monoisotopic (exact) mass is 169 g/mol. The summed E-state index contributed by atoms with van der Waals surface area (Å²) in [5.41, 5.74) is 0. The number of hydrogen-bond acceptors (Lipinski definition) is 4. The SMILES string of the molecule is CNC(=O)OP(=O)(O)OC. The molecule has 2 N–H and O–H groups in total. The highest BCUT2D eigenvalue weighted by Crippen LogP contribution is 2.41. The minimum atomic E-state index is -4.16. The molecule has 0 fully saturated rings. The molecular weight excluding hydrogens is 161 g/mol.